The molecule has 0 radical (unpaired) electrons. The van der Waals surface area contributed by atoms with Gasteiger partial charge in [0, 0.05) is 25.7 Å². The first-order chi connectivity index (χ1) is 15.7. The molecule has 3 aromatic carbocycles. The lowest BCUT2D eigenvalue weighted by Gasteiger charge is -2.28. The Bertz CT molecular complexity index is 991. The van der Waals surface area contributed by atoms with E-state index in [-0.39, 0.29) is 0 Å². The van der Waals surface area contributed by atoms with Crippen LogP contribution in [0, 0.1) is 11.8 Å². The summed E-state index contributed by atoms with van der Waals surface area (Å²) in [5.41, 5.74) is 0.745. The molecule has 1 saturated heterocycles. The SMILES string of the molecule is O=C(NCNC1C2CN(Cc3ccccc3)CC21)C(O)(c1ccccc1)c1ccccc1. The summed E-state index contributed by atoms with van der Waals surface area (Å²) in [5.74, 6) is 0.856. The molecular weight excluding hydrogens is 398 g/mol. The quantitative estimate of drug-likeness (QED) is 0.484. The first-order valence-electron chi connectivity index (χ1n) is 11.3. The Kier molecular flexibility index (Phi) is 5.79. The molecule has 1 heterocycles. The van der Waals surface area contributed by atoms with E-state index in [4.69, 9.17) is 0 Å². The number of amides is 1. The van der Waals surface area contributed by atoms with Gasteiger partial charge >= 0.3 is 0 Å². The van der Waals surface area contributed by atoms with Crippen LogP contribution in [-0.4, -0.2) is 41.7 Å². The predicted octanol–water partition coefficient (Wildman–Crippen LogP) is 2.72. The Morgan fingerprint density at radius 2 is 1.34 bits per heavy atom. The third kappa shape index (κ3) is 4.07. The van der Waals surface area contributed by atoms with Crippen LogP contribution in [-0.2, 0) is 16.9 Å². The van der Waals surface area contributed by atoms with Gasteiger partial charge in [0.2, 0.25) is 0 Å². The van der Waals surface area contributed by atoms with Crippen molar-refractivity contribution in [1.82, 2.24) is 15.5 Å². The van der Waals surface area contributed by atoms with Crippen LogP contribution in [0.2, 0.25) is 0 Å². The third-order valence-electron chi connectivity index (χ3n) is 6.82. The number of carbonyl (C=O) groups excluding carboxylic acids is 1. The minimum absolute atomic E-state index is 0.344. The molecule has 32 heavy (non-hydrogen) atoms. The molecule has 3 aromatic rings. The van der Waals surface area contributed by atoms with Gasteiger partial charge in [-0.05, 0) is 28.5 Å². The molecule has 0 aromatic heterocycles. The predicted molar refractivity (Wildman–Crippen MR) is 125 cm³/mol. The molecule has 0 spiro atoms. The second-order valence-electron chi connectivity index (χ2n) is 8.86. The molecule has 3 N–H and O–H groups in total. The number of piperidine rings is 1. The summed E-state index contributed by atoms with van der Waals surface area (Å²) in [5, 5.41) is 17.9. The molecule has 1 aliphatic carbocycles. The van der Waals surface area contributed by atoms with E-state index in [1.165, 1.54) is 5.56 Å². The zero-order valence-electron chi connectivity index (χ0n) is 18.0. The number of nitrogens with one attached hydrogen (secondary N) is 2. The summed E-state index contributed by atoms with van der Waals surface area (Å²) in [7, 11) is 0. The van der Waals surface area contributed by atoms with Crippen molar-refractivity contribution < 1.29 is 9.90 Å². The smallest absolute Gasteiger partial charge is 0.262 e. The number of likely N-dealkylation sites (tertiary alicyclic amines) is 1. The summed E-state index contributed by atoms with van der Waals surface area (Å²) < 4.78 is 0. The van der Waals surface area contributed by atoms with E-state index in [0.717, 1.165) is 19.6 Å². The minimum atomic E-state index is -1.73. The fraction of sp³-hybridized carbons (Fsp3) is 0.296. The topological polar surface area (TPSA) is 64.6 Å². The van der Waals surface area contributed by atoms with E-state index in [0.29, 0.717) is 35.7 Å². The average molecular weight is 428 g/mol. The summed E-state index contributed by atoms with van der Waals surface area (Å²) in [6.45, 7) is 3.52. The van der Waals surface area contributed by atoms with Crippen molar-refractivity contribution in [1.29, 1.82) is 0 Å². The van der Waals surface area contributed by atoms with E-state index < -0.39 is 11.5 Å². The normalized spacial score (nSPS) is 22.3. The van der Waals surface area contributed by atoms with Crippen molar-refractivity contribution in [2.24, 2.45) is 11.8 Å². The van der Waals surface area contributed by atoms with Gasteiger partial charge in [-0.1, -0.05) is 91.0 Å². The number of carbonyl (C=O) groups is 1. The highest BCUT2D eigenvalue weighted by molar-refractivity contribution is 5.90. The van der Waals surface area contributed by atoms with Crippen LogP contribution in [0.25, 0.3) is 0 Å². The molecule has 5 nitrogen and oxygen atoms in total. The molecule has 5 heteroatoms. The Labute approximate surface area is 189 Å². The second-order valence-corrected chi connectivity index (χ2v) is 8.86. The first-order valence-corrected chi connectivity index (χ1v) is 11.3. The molecule has 1 saturated carbocycles. The zero-order chi connectivity index (χ0) is 22.0. The van der Waals surface area contributed by atoms with Gasteiger partial charge in [0.05, 0.1) is 6.67 Å². The van der Waals surface area contributed by atoms with Crippen LogP contribution in [0.3, 0.4) is 0 Å². The lowest BCUT2D eigenvalue weighted by atomic mass is 9.85. The van der Waals surface area contributed by atoms with Crippen LogP contribution in [0.5, 0.6) is 0 Å². The van der Waals surface area contributed by atoms with Crippen LogP contribution >= 0.6 is 0 Å². The molecule has 164 valence electrons. The molecule has 1 amide bonds. The third-order valence-corrected chi connectivity index (χ3v) is 6.82. The molecule has 0 bridgehead atoms. The van der Waals surface area contributed by atoms with Gasteiger partial charge in [-0.3, -0.25) is 15.0 Å². The van der Waals surface area contributed by atoms with Crippen molar-refractivity contribution in [3.63, 3.8) is 0 Å². The van der Waals surface area contributed by atoms with Gasteiger partial charge in [0.15, 0.2) is 5.60 Å². The fourth-order valence-electron chi connectivity index (χ4n) is 5.05. The molecule has 2 aliphatic rings. The van der Waals surface area contributed by atoms with Crippen molar-refractivity contribution in [3.8, 4) is 0 Å². The highest BCUT2D eigenvalue weighted by Gasteiger charge is 2.55. The fourth-order valence-corrected chi connectivity index (χ4v) is 5.05. The highest BCUT2D eigenvalue weighted by atomic mass is 16.3. The molecule has 1 aliphatic heterocycles. The number of aliphatic hydroxyl groups is 1. The average Bonchev–Trinajstić information content (AvgIpc) is 3.30. The zero-order valence-corrected chi connectivity index (χ0v) is 18.0. The molecule has 2 fully saturated rings. The molecule has 2 atom stereocenters. The second kappa shape index (κ2) is 8.87. The molecule has 5 rings (SSSR count). The summed E-state index contributed by atoms with van der Waals surface area (Å²) in [6, 6.07) is 29.2. The maximum atomic E-state index is 13.2. The lowest BCUT2D eigenvalue weighted by molar-refractivity contribution is -0.136. The lowest BCUT2D eigenvalue weighted by Crippen LogP contribution is -2.48. The van der Waals surface area contributed by atoms with E-state index in [2.05, 4.69) is 45.9 Å². The Balaban J connectivity index is 1.16. The number of nitrogens with zero attached hydrogens (tertiary/aromatic N) is 1. The molecule has 2 unspecified atom stereocenters. The number of hydrogen-bond donors (Lipinski definition) is 3. The first kappa shape index (κ1) is 20.9. The standard InChI is InChI=1S/C27H29N3O2/c31-26(27(32,21-12-6-2-7-13-21)22-14-8-3-9-15-22)29-19-28-25-23-17-30(18-24(23)25)16-20-10-4-1-5-11-20/h1-15,23-25,28,32H,16-19H2,(H,29,31). The summed E-state index contributed by atoms with van der Waals surface area (Å²) >= 11 is 0. The number of rotatable bonds is 8. The highest BCUT2D eigenvalue weighted by Crippen LogP contribution is 2.45. The van der Waals surface area contributed by atoms with E-state index in [1.54, 1.807) is 24.3 Å². The van der Waals surface area contributed by atoms with Gasteiger partial charge in [-0.25, -0.2) is 0 Å². The van der Waals surface area contributed by atoms with Crippen molar-refractivity contribution in [2.75, 3.05) is 19.8 Å². The van der Waals surface area contributed by atoms with Crippen molar-refractivity contribution in [2.45, 2.75) is 18.2 Å². The van der Waals surface area contributed by atoms with Crippen LogP contribution in [0.4, 0.5) is 0 Å². The van der Waals surface area contributed by atoms with Gasteiger partial charge in [0.25, 0.3) is 5.91 Å². The summed E-state index contributed by atoms with van der Waals surface area (Å²) in [4.78, 5) is 15.7. The maximum absolute atomic E-state index is 13.2. The van der Waals surface area contributed by atoms with Gasteiger partial charge in [-0.2, -0.15) is 0 Å². The van der Waals surface area contributed by atoms with E-state index in [9.17, 15) is 9.90 Å². The van der Waals surface area contributed by atoms with Crippen LogP contribution in [0.1, 0.15) is 16.7 Å². The maximum Gasteiger partial charge on any atom is 0.262 e. The van der Waals surface area contributed by atoms with Gasteiger partial charge in [-0.15, -0.1) is 0 Å². The van der Waals surface area contributed by atoms with E-state index in [1.807, 2.05) is 36.4 Å². The summed E-state index contributed by atoms with van der Waals surface area (Å²) in [6.07, 6.45) is 0. The van der Waals surface area contributed by atoms with E-state index >= 15 is 0 Å². The van der Waals surface area contributed by atoms with Crippen molar-refractivity contribution >= 4 is 5.91 Å². The van der Waals surface area contributed by atoms with Crippen molar-refractivity contribution in [3.05, 3.63) is 108 Å². The molecular formula is C27H29N3O2. The Morgan fingerprint density at radius 1 is 0.844 bits per heavy atom. The van der Waals surface area contributed by atoms with Gasteiger partial charge in [0.1, 0.15) is 0 Å². The Hall–Kier alpha value is -2.99. The minimum Gasteiger partial charge on any atom is -0.372 e. The largest absolute Gasteiger partial charge is 0.372 e. The monoisotopic (exact) mass is 427 g/mol. The van der Waals surface area contributed by atoms with Crippen LogP contribution in [0.15, 0.2) is 91.0 Å². The number of fused-ring (bicyclic) bond motifs is 1. The number of benzene rings is 3. The van der Waals surface area contributed by atoms with Crippen LogP contribution < -0.4 is 10.6 Å². The Morgan fingerprint density at radius 3 is 1.88 bits per heavy atom. The van der Waals surface area contributed by atoms with Gasteiger partial charge < -0.3 is 10.4 Å². The number of hydrogen-bond acceptors (Lipinski definition) is 4.